The maximum absolute atomic E-state index is 12.4. The fourth-order valence-corrected chi connectivity index (χ4v) is 3.31. The van der Waals surface area contributed by atoms with Crippen molar-refractivity contribution in [1.29, 1.82) is 0 Å². The zero-order chi connectivity index (χ0) is 17.1. The fraction of sp³-hybridized carbons (Fsp3) is 0.438. The zero-order valence-electron chi connectivity index (χ0n) is 13.7. The Balaban J connectivity index is 2.27. The van der Waals surface area contributed by atoms with Crippen LogP contribution in [0.5, 0.6) is 0 Å². The number of carboxylic acid groups (broad SMARTS) is 1. The first-order valence-electron chi connectivity index (χ1n) is 7.46. The number of fused-ring (bicyclic) bond motifs is 1. The summed E-state index contributed by atoms with van der Waals surface area (Å²) in [5, 5.41) is 17.2. The number of allylic oxidation sites excluding steroid dienone is 1. The molecule has 0 aromatic carbocycles. The third-order valence-electron chi connectivity index (χ3n) is 3.52. The van der Waals surface area contributed by atoms with Crippen LogP contribution in [-0.2, 0) is 11.8 Å². The molecule has 0 saturated heterocycles. The predicted octanol–water partition coefficient (Wildman–Crippen LogP) is 2.91. The normalized spacial score (nSPS) is 13.1. The molecule has 1 unspecified atom stereocenters. The first-order valence-corrected chi connectivity index (χ1v) is 8.28. The number of aromatic nitrogens is 2. The van der Waals surface area contributed by atoms with Crippen LogP contribution in [-0.4, -0.2) is 32.8 Å². The summed E-state index contributed by atoms with van der Waals surface area (Å²) in [6.07, 6.45) is 3.76. The van der Waals surface area contributed by atoms with Gasteiger partial charge in [0.05, 0.1) is 10.6 Å². The molecule has 7 heteroatoms. The molecular formula is C16H21N3O3S. The lowest BCUT2D eigenvalue weighted by Crippen LogP contribution is -2.40. The predicted molar refractivity (Wildman–Crippen MR) is 91.0 cm³/mol. The van der Waals surface area contributed by atoms with Crippen molar-refractivity contribution in [3.05, 3.63) is 28.8 Å². The van der Waals surface area contributed by atoms with Crippen LogP contribution in [0.4, 0.5) is 0 Å². The Morgan fingerprint density at radius 1 is 1.48 bits per heavy atom. The van der Waals surface area contributed by atoms with Crippen LogP contribution >= 0.6 is 11.3 Å². The molecular weight excluding hydrogens is 314 g/mol. The molecule has 0 aliphatic heterocycles. The molecule has 124 valence electrons. The highest BCUT2D eigenvalue weighted by Gasteiger charge is 2.22. The molecule has 0 saturated carbocycles. The highest BCUT2D eigenvalue weighted by molar-refractivity contribution is 7.20. The molecule has 0 spiro atoms. The standard InChI is InChI=1S/C16H21N3O3S/c1-5-6-7-11(16(21)22)17-14(20)12-8-10-13(9(2)3)18-19(4)15(10)23-12/h5-6,8-9,11H,7H2,1-4H3,(H,17,20)(H,21,22)/b6-5+. The summed E-state index contributed by atoms with van der Waals surface area (Å²) in [7, 11) is 1.85. The minimum absolute atomic E-state index is 0.255. The van der Waals surface area contributed by atoms with E-state index in [9.17, 15) is 14.7 Å². The minimum atomic E-state index is -1.04. The second-order valence-corrected chi connectivity index (χ2v) is 6.69. The van der Waals surface area contributed by atoms with Crippen molar-refractivity contribution in [2.45, 2.75) is 39.2 Å². The summed E-state index contributed by atoms with van der Waals surface area (Å²) >= 11 is 1.33. The molecule has 6 nitrogen and oxygen atoms in total. The van der Waals surface area contributed by atoms with Gasteiger partial charge in [0.25, 0.3) is 5.91 Å². The van der Waals surface area contributed by atoms with Crippen LogP contribution in [0.15, 0.2) is 18.2 Å². The van der Waals surface area contributed by atoms with Crippen LogP contribution in [0.3, 0.4) is 0 Å². The number of nitrogens with one attached hydrogen (secondary N) is 1. The van der Waals surface area contributed by atoms with Crippen LogP contribution in [0.2, 0.25) is 0 Å². The lowest BCUT2D eigenvalue weighted by molar-refractivity contribution is -0.139. The first kappa shape index (κ1) is 17.2. The summed E-state index contributed by atoms with van der Waals surface area (Å²) in [6.45, 7) is 5.92. The van der Waals surface area contributed by atoms with E-state index in [2.05, 4.69) is 24.3 Å². The molecule has 0 bridgehead atoms. The molecule has 2 aromatic rings. The Morgan fingerprint density at radius 2 is 2.17 bits per heavy atom. The highest BCUT2D eigenvalue weighted by Crippen LogP contribution is 2.31. The van der Waals surface area contributed by atoms with Gasteiger partial charge in [0.15, 0.2) is 0 Å². The van der Waals surface area contributed by atoms with E-state index in [1.165, 1.54) is 11.3 Å². The molecule has 23 heavy (non-hydrogen) atoms. The van der Waals surface area contributed by atoms with Gasteiger partial charge in [-0.2, -0.15) is 5.10 Å². The largest absolute Gasteiger partial charge is 0.480 e. The van der Waals surface area contributed by atoms with Gasteiger partial charge in [-0.05, 0) is 25.3 Å². The number of carbonyl (C=O) groups is 2. The molecule has 0 aliphatic carbocycles. The van der Waals surface area contributed by atoms with Gasteiger partial charge in [0, 0.05) is 12.4 Å². The van der Waals surface area contributed by atoms with E-state index < -0.39 is 12.0 Å². The smallest absolute Gasteiger partial charge is 0.326 e. The Labute approximate surface area is 138 Å². The Bertz CT molecular complexity index is 758. The second kappa shape index (κ2) is 6.95. The number of rotatable bonds is 6. The van der Waals surface area contributed by atoms with Crippen molar-refractivity contribution in [3.8, 4) is 0 Å². The van der Waals surface area contributed by atoms with E-state index in [1.807, 2.05) is 14.0 Å². The lowest BCUT2D eigenvalue weighted by Gasteiger charge is -2.11. The maximum atomic E-state index is 12.4. The van der Waals surface area contributed by atoms with Crippen LogP contribution in [0, 0.1) is 0 Å². The molecule has 0 fully saturated rings. The van der Waals surface area contributed by atoms with Crippen molar-refractivity contribution in [1.82, 2.24) is 15.1 Å². The van der Waals surface area contributed by atoms with Gasteiger partial charge in [-0.1, -0.05) is 26.0 Å². The molecule has 0 aliphatic rings. The molecule has 1 amide bonds. The molecule has 1 atom stereocenters. The lowest BCUT2D eigenvalue weighted by atomic mass is 10.1. The summed E-state index contributed by atoms with van der Waals surface area (Å²) in [4.78, 5) is 25.0. The summed E-state index contributed by atoms with van der Waals surface area (Å²) in [5.41, 5.74) is 0.946. The number of aliphatic carboxylic acids is 1. The van der Waals surface area contributed by atoms with Gasteiger partial charge in [-0.25, -0.2) is 4.79 Å². The van der Waals surface area contributed by atoms with E-state index in [1.54, 1.807) is 22.9 Å². The second-order valence-electron chi connectivity index (χ2n) is 5.66. The number of carbonyl (C=O) groups excluding carboxylic acids is 1. The molecule has 2 aromatic heterocycles. The zero-order valence-corrected chi connectivity index (χ0v) is 14.5. The van der Waals surface area contributed by atoms with Crippen molar-refractivity contribution >= 4 is 33.4 Å². The topological polar surface area (TPSA) is 84.2 Å². The van der Waals surface area contributed by atoms with Gasteiger partial charge < -0.3 is 10.4 Å². The van der Waals surface area contributed by atoms with E-state index >= 15 is 0 Å². The van der Waals surface area contributed by atoms with Crippen molar-refractivity contribution < 1.29 is 14.7 Å². The van der Waals surface area contributed by atoms with Crippen molar-refractivity contribution in [3.63, 3.8) is 0 Å². The highest BCUT2D eigenvalue weighted by atomic mass is 32.1. The van der Waals surface area contributed by atoms with E-state index in [0.29, 0.717) is 4.88 Å². The Hall–Kier alpha value is -2.15. The molecule has 2 heterocycles. The minimum Gasteiger partial charge on any atom is -0.480 e. The van der Waals surface area contributed by atoms with E-state index in [4.69, 9.17) is 0 Å². The number of carboxylic acids is 1. The fourth-order valence-electron chi connectivity index (χ4n) is 2.33. The SMILES string of the molecule is C/C=C/CC(NC(=O)c1cc2c(C(C)C)nn(C)c2s1)C(=O)O. The number of hydrogen-bond acceptors (Lipinski definition) is 4. The van der Waals surface area contributed by atoms with E-state index in [-0.39, 0.29) is 18.2 Å². The van der Waals surface area contributed by atoms with Crippen LogP contribution < -0.4 is 5.32 Å². The van der Waals surface area contributed by atoms with Gasteiger partial charge in [0.1, 0.15) is 10.9 Å². The quantitative estimate of drug-likeness (QED) is 0.795. The number of hydrogen-bond donors (Lipinski definition) is 2. The van der Waals surface area contributed by atoms with Crippen molar-refractivity contribution in [2.75, 3.05) is 0 Å². The third kappa shape index (κ3) is 3.61. The van der Waals surface area contributed by atoms with Gasteiger partial charge >= 0.3 is 5.97 Å². The molecule has 0 radical (unpaired) electrons. The molecule has 2 rings (SSSR count). The van der Waals surface area contributed by atoms with Crippen LogP contribution in [0.25, 0.3) is 10.2 Å². The average Bonchev–Trinajstić information content (AvgIpc) is 3.03. The van der Waals surface area contributed by atoms with Gasteiger partial charge in [-0.3, -0.25) is 9.48 Å². The monoisotopic (exact) mass is 335 g/mol. The Kier molecular flexibility index (Phi) is 5.20. The number of thiophene rings is 1. The third-order valence-corrected chi connectivity index (χ3v) is 4.72. The van der Waals surface area contributed by atoms with Gasteiger partial charge in [0.2, 0.25) is 0 Å². The number of aryl methyl sites for hydroxylation is 1. The summed E-state index contributed by atoms with van der Waals surface area (Å²) in [6, 6.07) is 0.873. The Morgan fingerprint density at radius 3 is 2.74 bits per heavy atom. The number of nitrogens with zero attached hydrogens (tertiary/aromatic N) is 2. The number of amides is 1. The maximum Gasteiger partial charge on any atom is 0.326 e. The van der Waals surface area contributed by atoms with Crippen molar-refractivity contribution in [2.24, 2.45) is 7.05 Å². The summed E-state index contributed by atoms with van der Waals surface area (Å²) in [5.74, 6) is -1.15. The van der Waals surface area contributed by atoms with E-state index in [0.717, 1.165) is 15.9 Å². The molecule has 2 N–H and O–H groups in total. The van der Waals surface area contributed by atoms with Gasteiger partial charge in [-0.15, -0.1) is 11.3 Å². The summed E-state index contributed by atoms with van der Waals surface area (Å²) < 4.78 is 1.76. The average molecular weight is 335 g/mol. The van der Waals surface area contributed by atoms with Crippen LogP contribution in [0.1, 0.15) is 48.5 Å². The first-order chi connectivity index (χ1) is 10.8.